The second kappa shape index (κ2) is 6.22. The number of hydrogen-bond donors (Lipinski definition) is 2. The summed E-state index contributed by atoms with van der Waals surface area (Å²) in [6, 6.07) is 7.09. The van der Waals surface area contributed by atoms with Gasteiger partial charge in [-0.05, 0) is 59.3 Å². The van der Waals surface area contributed by atoms with Crippen LogP contribution in [0.2, 0.25) is 0 Å². The zero-order valence-electron chi connectivity index (χ0n) is 11.7. The molecule has 1 amide bonds. The Balaban J connectivity index is 1.95. The van der Waals surface area contributed by atoms with E-state index in [4.69, 9.17) is 0 Å². The average Bonchev–Trinajstić information content (AvgIpc) is 2.85. The van der Waals surface area contributed by atoms with Crippen LogP contribution in [-0.2, 0) is 12.8 Å². The second-order valence-electron chi connectivity index (χ2n) is 5.15. The molecule has 0 bridgehead atoms. The summed E-state index contributed by atoms with van der Waals surface area (Å²) in [5.41, 5.74) is 1.65. The molecule has 0 saturated carbocycles. The van der Waals surface area contributed by atoms with E-state index >= 15 is 0 Å². The number of carbonyl (C=O) groups excluding carboxylic acids is 1. The van der Waals surface area contributed by atoms with Crippen molar-refractivity contribution in [2.75, 3.05) is 5.32 Å². The molecular weight excluding hydrogens is 366 g/mol. The molecular formula is C16H14BrNO3S. The average molecular weight is 380 g/mol. The van der Waals surface area contributed by atoms with Crippen LogP contribution in [0.25, 0.3) is 0 Å². The van der Waals surface area contributed by atoms with Crippen LogP contribution in [0.4, 0.5) is 5.00 Å². The lowest BCUT2D eigenvalue weighted by Gasteiger charge is -2.10. The first kappa shape index (κ1) is 15.2. The summed E-state index contributed by atoms with van der Waals surface area (Å²) in [4.78, 5) is 25.1. The summed E-state index contributed by atoms with van der Waals surface area (Å²) in [6.45, 7) is 0. The molecule has 0 fully saturated rings. The first-order chi connectivity index (χ1) is 10.6. The van der Waals surface area contributed by atoms with Gasteiger partial charge < -0.3 is 10.4 Å². The highest BCUT2D eigenvalue weighted by atomic mass is 79.9. The first-order valence-electron chi connectivity index (χ1n) is 7.01. The van der Waals surface area contributed by atoms with Gasteiger partial charge in [0.05, 0.1) is 11.1 Å². The Labute approximate surface area is 140 Å². The lowest BCUT2D eigenvalue weighted by molar-refractivity contribution is 0.0697. The molecule has 1 aliphatic carbocycles. The lowest BCUT2D eigenvalue weighted by atomic mass is 9.95. The maximum atomic E-state index is 12.4. The van der Waals surface area contributed by atoms with Crippen LogP contribution < -0.4 is 5.32 Å². The van der Waals surface area contributed by atoms with Crippen molar-refractivity contribution in [1.82, 2.24) is 0 Å². The molecule has 2 N–H and O–H groups in total. The molecule has 0 saturated heterocycles. The monoisotopic (exact) mass is 379 g/mol. The quantitative estimate of drug-likeness (QED) is 0.833. The molecule has 1 heterocycles. The minimum atomic E-state index is -0.971. The number of nitrogens with one attached hydrogen (secondary N) is 1. The maximum Gasteiger partial charge on any atom is 0.339 e. The number of thiophene rings is 1. The van der Waals surface area contributed by atoms with Crippen molar-refractivity contribution in [3.05, 3.63) is 50.3 Å². The van der Waals surface area contributed by atoms with E-state index in [-0.39, 0.29) is 11.5 Å². The summed E-state index contributed by atoms with van der Waals surface area (Å²) in [5.74, 6) is -1.27. The Kier molecular flexibility index (Phi) is 4.31. The van der Waals surface area contributed by atoms with Crippen molar-refractivity contribution >= 4 is 44.1 Å². The standard InChI is InChI=1S/C16H14BrNO3S/c17-11-7-3-1-5-9(11)14(19)18-15-13(16(20)21)10-6-2-4-8-12(10)22-15/h1,3,5,7H,2,4,6,8H2,(H,18,19)(H,20,21). The molecule has 3 rings (SSSR count). The summed E-state index contributed by atoms with van der Waals surface area (Å²) >= 11 is 4.73. The highest BCUT2D eigenvalue weighted by Crippen LogP contribution is 2.38. The van der Waals surface area contributed by atoms with Crippen LogP contribution in [0.5, 0.6) is 0 Å². The van der Waals surface area contributed by atoms with Crippen LogP contribution in [0.15, 0.2) is 28.7 Å². The van der Waals surface area contributed by atoms with Gasteiger partial charge in [-0.15, -0.1) is 11.3 Å². The number of hydrogen-bond acceptors (Lipinski definition) is 3. The summed E-state index contributed by atoms with van der Waals surface area (Å²) in [5, 5.41) is 12.7. The minimum Gasteiger partial charge on any atom is -0.478 e. The van der Waals surface area contributed by atoms with Gasteiger partial charge in [0.25, 0.3) is 5.91 Å². The Bertz CT molecular complexity index is 754. The van der Waals surface area contributed by atoms with Crippen molar-refractivity contribution in [1.29, 1.82) is 0 Å². The van der Waals surface area contributed by atoms with E-state index in [9.17, 15) is 14.7 Å². The van der Waals surface area contributed by atoms with Gasteiger partial charge in [0, 0.05) is 9.35 Å². The SMILES string of the molecule is O=C(Nc1sc2c(c1C(=O)O)CCCC2)c1ccccc1Br. The zero-order valence-corrected chi connectivity index (χ0v) is 14.1. The molecule has 1 aromatic carbocycles. The second-order valence-corrected chi connectivity index (χ2v) is 7.11. The van der Waals surface area contributed by atoms with Crippen molar-refractivity contribution in [2.24, 2.45) is 0 Å². The molecule has 22 heavy (non-hydrogen) atoms. The molecule has 0 aliphatic heterocycles. The summed E-state index contributed by atoms with van der Waals surface area (Å²) < 4.78 is 0.686. The Morgan fingerprint density at radius 1 is 1.18 bits per heavy atom. The van der Waals surface area contributed by atoms with Crippen molar-refractivity contribution < 1.29 is 14.7 Å². The highest BCUT2D eigenvalue weighted by molar-refractivity contribution is 9.10. The lowest BCUT2D eigenvalue weighted by Crippen LogP contribution is -2.14. The van der Waals surface area contributed by atoms with E-state index in [1.807, 2.05) is 6.07 Å². The smallest absolute Gasteiger partial charge is 0.339 e. The third-order valence-corrected chi connectivity index (χ3v) is 5.63. The Morgan fingerprint density at radius 2 is 1.91 bits per heavy atom. The van der Waals surface area contributed by atoms with Gasteiger partial charge in [-0.1, -0.05) is 12.1 Å². The Hall–Kier alpha value is -1.66. The van der Waals surface area contributed by atoms with Crippen molar-refractivity contribution in [3.8, 4) is 0 Å². The number of rotatable bonds is 3. The van der Waals surface area contributed by atoms with Gasteiger partial charge in [-0.2, -0.15) is 0 Å². The molecule has 0 spiro atoms. The van der Waals surface area contributed by atoms with Crippen molar-refractivity contribution in [3.63, 3.8) is 0 Å². The number of carbonyl (C=O) groups is 2. The van der Waals surface area contributed by atoms with E-state index in [2.05, 4.69) is 21.2 Å². The first-order valence-corrected chi connectivity index (χ1v) is 8.62. The number of benzene rings is 1. The van der Waals surface area contributed by atoms with Crippen LogP contribution in [0, 0.1) is 0 Å². The number of aromatic carboxylic acids is 1. The summed E-state index contributed by atoms with van der Waals surface area (Å²) in [6.07, 6.45) is 3.75. The number of halogens is 1. The maximum absolute atomic E-state index is 12.4. The van der Waals surface area contributed by atoms with Crippen LogP contribution >= 0.6 is 27.3 Å². The number of carboxylic acids is 1. The number of aryl methyl sites for hydroxylation is 1. The fourth-order valence-corrected chi connectivity index (χ4v) is 4.44. The molecule has 114 valence electrons. The van der Waals surface area contributed by atoms with Gasteiger partial charge in [0.15, 0.2) is 0 Å². The van der Waals surface area contributed by atoms with Crippen molar-refractivity contribution in [2.45, 2.75) is 25.7 Å². The molecule has 1 aromatic heterocycles. The predicted octanol–water partition coefficient (Wildman–Crippen LogP) is 4.34. The predicted molar refractivity (Wildman–Crippen MR) is 90.0 cm³/mol. The van der Waals surface area contributed by atoms with E-state index in [0.717, 1.165) is 36.1 Å². The van der Waals surface area contributed by atoms with Gasteiger partial charge in [0.2, 0.25) is 0 Å². The van der Waals surface area contributed by atoms with Crippen LogP contribution in [0.3, 0.4) is 0 Å². The minimum absolute atomic E-state index is 0.264. The van der Waals surface area contributed by atoms with Gasteiger partial charge in [0.1, 0.15) is 5.00 Å². The molecule has 4 nitrogen and oxygen atoms in total. The summed E-state index contributed by atoms with van der Waals surface area (Å²) in [7, 11) is 0. The molecule has 6 heteroatoms. The van der Waals surface area contributed by atoms with Gasteiger partial charge in [-0.25, -0.2) is 4.79 Å². The third kappa shape index (κ3) is 2.80. The van der Waals surface area contributed by atoms with E-state index in [1.165, 1.54) is 11.3 Å². The normalized spacial score (nSPS) is 13.5. The Morgan fingerprint density at radius 3 is 2.64 bits per heavy atom. The molecule has 2 aromatic rings. The number of fused-ring (bicyclic) bond motifs is 1. The fraction of sp³-hybridized carbons (Fsp3) is 0.250. The van der Waals surface area contributed by atoms with E-state index in [0.29, 0.717) is 15.0 Å². The van der Waals surface area contributed by atoms with Gasteiger partial charge in [-0.3, -0.25) is 4.79 Å². The van der Waals surface area contributed by atoms with Gasteiger partial charge >= 0.3 is 5.97 Å². The van der Waals surface area contributed by atoms with Crippen LogP contribution in [-0.4, -0.2) is 17.0 Å². The molecule has 0 atom stereocenters. The number of anilines is 1. The largest absolute Gasteiger partial charge is 0.478 e. The molecule has 0 radical (unpaired) electrons. The number of carboxylic acid groups (broad SMARTS) is 1. The molecule has 1 aliphatic rings. The fourth-order valence-electron chi connectivity index (χ4n) is 2.70. The van der Waals surface area contributed by atoms with E-state index in [1.54, 1.807) is 18.2 Å². The van der Waals surface area contributed by atoms with Crippen LogP contribution in [0.1, 0.15) is 44.0 Å². The zero-order chi connectivity index (χ0) is 15.7. The number of amides is 1. The third-order valence-electron chi connectivity index (χ3n) is 3.73. The highest BCUT2D eigenvalue weighted by Gasteiger charge is 2.26. The molecule has 0 unspecified atom stereocenters. The topological polar surface area (TPSA) is 66.4 Å². The van der Waals surface area contributed by atoms with E-state index < -0.39 is 5.97 Å².